The van der Waals surface area contributed by atoms with Crippen LogP contribution in [0.3, 0.4) is 0 Å². The monoisotopic (exact) mass is 561 g/mol. The third-order valence-electron chi connectivity index (χ3n) is 7.08. The molecular formula is C32H43N5O4. The first kappa shape index (κ1) is 31.5. The minimum Gasteiger partial charge on any atom is -0.465 e. The number of pyridine rings is 2. The van der Waals surface area contributed by atoms with Gasteiger partial charge in [-0.05, 0) is 106 Å². The van der Waals surface area contributed by atoms with E-state index in [0.717, 1.165) is 50.8 Å². The lowest BCUT2D eigenvalue weighted by Gasteiger charge is -2.27. The topological polar surface area (TPSA) is 106 Å². The fraction of sp³-hybridized carbons (Fsp3) is 0.438. The average molecular weight is 562 g/mol. The fourth-order valence-electron chi connectivity index (χ4n) is 4.97. The molecule has 0 saturated heterocycles. The number of rotatable bonds is 14. The Labute approximate surface area is 243 Å². The Hall–Kier alpha value is -3.98. The van der Waals surface area contributed by atoms with Gasteiger partial charge in [-0.3, -0.25) is 14.5 Å². The zero-order valence-electron chi connectivity index (χ0n) is 25.4. The van der Waals surface area contributed by atoms with Gasteiger partial charge < -0.3 is 20.1 Å². The number of hydrogen-bond acceptors (Lipinski definition) is 9. The number of anilines is 2. The number of carbonyl (C=O) groups is 2. The second kappa shape index (κ2) is 15.1. The Morgan fingerprint density at radius 2 is 1.10 bits per heavy atom. The Bertz CT molecular complexity index is 1260. The Balaban J connectivity index is 2.01. The number of aromatic nitrogens is 2. The van der Waals surface area contributed by atoms with Crippen LogP contribution in [0, 0.1) is 34.6 Å². The highest BCUT2D eigenvalue weighted by Crippen LogP contribution is 2.30. The van der Waals surface area contributed by atoms with E-state index in [2.05, 4.69) is 41.4 Å². The zero-order valence-corrected chi connectivity index (χ0v) is 25.4. The molecule has 2 heterocycles. The van der Waals surface area contributed by atoms with Gasteiger partial charge in [-0.1, -0.05) is 12.1 Å². The van der Waals surface area contributed by atoms with E-state index in [1.54, 1.807) is 18.7 Å². The van der Waals surface area contributed by atoms with Gasteiger partial charge in [0.25, 0.3) is 0 Å². The Morgan fingerprint density at radius 1 is 0.683 bits per heavy atom. The maximum atomic E-state index is 12.5. The van der Waals surface area contributed by atoms with Crippen LogP contribution in [0.4, 0.5) is 11.6 Å². The van der Waals surface area contributed by atoms with E-state index in [0.29, 0.717) is 19.6 Å². The third-order valence-corrected chi connectivity index (χ3v) is 7.08. The zero-order chi connectivity index (χ0) is 29.9. The molecule has 3 rings (SSSR count). The van der Waals surface area contributed by atoms with Crippen LogP contribution in [0.2, 0.25) is 0 Å². The van der Waals surface area contributed by atoms with Gasteiger partial charge in [0.1, 0.15) is 11.6 Å². The third kappa shape index (κ3) is 9.01. The van der Waals surface area contributed by atoms with Crippen LogP contribution in [0.5, 0.6) is 0 Å². The summed E-state index contributed by atoms with van der Waals surface area (Å²) in [7, 11) is 0. The normalized spacial score (nSPS) is 10.9. The summed E-state index contributed by atoms with van der Waals surface area (Å²) in [5, 5.41) is 6.97. The van der Waals surface area contributed by atoms with Gasteiger partial charge in [0.15, 0.2) is 0 Å². The number of nitrogens with zero attached hydrogens (tertiary/aromatic N) is 3. The lowest BCUT2D eigenvalue weighted by molar-refractivity contribution is -0.148. The minimum absolute atomic E-state index is 0.0129. The largest absolute Gasteiger partial charge is 0.465 e. The average Bonchev–Trinajstić information content (AvgIpc) is 2.91. The van der Waals surface area contributed by atoms with Crippen molar-refractivity contribution in [1.29, 1.82) is 0 Å². The molecule has 9 heteroatoms. The van der Waals surface area contributed by atoms with Crippen molar-refractivity contribution in [1.82, 2.24) is 14.9 Å². The van der Waals surface area contributed by atoms with Crippen LogP contribution < -0.4 is 10.6 Å². The first-order valence-corrected chi connectivity index (χ1v) is 14.1. The second-order valence-electron chi connectivity index (χ2n) is 10.1. The second-order valence-corrected chi connectivity index (χ2v) is 10.1. The van der Waals surface area contributed by atoms with E-state index in [-0.39, 0.29) is 38.2 Å². The van der Waals surface area contributed by atoms with Gasteiger partial charge in [-0.25, -0.2) is 9.97 Å². The van der Waals surface area contributed by atoms with Crippen molar-refractivity contribution >= 4 is 23.6 Å². The molecule has 0 aliphatic heterocycles. The summed E-state index contributed by atoms with van der Waals surface area (Å²) in [6.45, 7) is 15.9. The molecular weight excluding hydrogens is 518 g/mol. The van der Waals surface area contributed by atoms with Crippen molar-refractivity contribution in [3.8, 4) is 0 Å². The first-order chi connectivity index (χ1) is 19.6. The molecule has 0 aliphatic carbocycles. The predicted octanol–water partition coefficient (Wildman–Crippen LogP) is 5.17. The molecule has 0 unspecified atom stereocenters. The van der Waals surface area contributed by atoms with Crippen molar-refractivity contribution in [2.45, 2.75) is 68.1 Å². The number of carbonyl (C=O) groups excluding carboxylic acids is 2. The summed E-state index contributed by atoms with van der Waals surface area (Å²) in [6.07, 6.45) is 0. The van der Waals surface area contributed by atoms with Crippen molar-refractivity contribution in [2.24, 2.45) is 0 Å². The van der Waals surface area contributed by atoms with Crippen LogP contribution >= 0.6 is 0 Å². The summed E-state index contributed by atoms with van der Waals surface area (Å²) in [5.41, 5.74) is 8.63. The van der Waals surface area contributed by atoms with E-state index in [9.17, 15) is 9.59 Å². The summed E-state index contributed by atoms with van der Waals surface area (Å²) in [5.74, 6) is 0.861. The highest BCUT2D eigenvalue weighted by atomic mass is 16.5. The van der Waals surface area contributed by atoms with E-state index in [1.807, 2.05) is 50.2 Å². The molecule has 2 aromatic heterocycles. The minimum atomic E-state index is -0.376. The van der Waals surface area contributed by atoms with Crippen LogP contribution in [-0.4, -0.2) is 53.1 Å². The molecule has 3 aromatic rings. The molecule has 220 valence electrons. The molecule has 0 atom stereocenters. The van der Waals surface area contributed by atoms with Crippen molar-refractivity contribution in [2.75, 3.05) is 36.9 Å². The maximum absolute atomic E-state index is 12.5. The van der Waals surface area contributed by atoms with Gasteiger partial charge in [-0.2, -0.15) is 0 Å². The molecule has 2 N–H and O–H groups in total. The molecule has 1 aromatic carbocycles. The highest BCUT2D eigenvalue weighted by Gasteiger charge is 2.22. The van der Waals surface area contributed by atoms with Gasteiger partial charge >= 0.3 is 11.9 Å². The quantitative estimate of drug-likeness (QED) is 0.258. The maximum Gasteiger partial charge on any atom is 0.320 e. The predicted molar refractivity (Wildman–Crippen MR) is 162 cm³/mol. The molecule has 0 amide bonds. The smallest absolute Gasteiger partial charge is 0.320 e. The SMILES string of the molecule is CCOC(=O)CN(CC(=O)OCC)Cc1c(C)c(CNc2cccc(C)n2)c(C)c(CNc2cccc(C)n2)c1C. The van der Waals surface area contributed by atoms with Crippen LogP contribution in [0.25, 0.3) is 0 Å². The van der Waals surface area contributed by atoms with Crippen LogP contribution in [0.15, 0.2) is 36.4 Å². The van der Waals surface area contributed by atoms with Crippen LogP contribution in [0.1, 0.15) is 58.6 Å². The summed E-state index contributed by atoms with van der Waals surface area (Å²) in [6, 6.07) is 11.8. The highest BCUT2D eigenvalue weighted by molar-refractivity contribution is 5.75. The lowest BCUT2D eigenvalue weighted by atomic mass is 9.87. The molecule has 0 fully saturated rings. The summed E-state index contributed by atoms with van der Waals surface area (Å²) in [4.78, 5) is 35.9. The standard InChI is InChI=1S/C32H43N5O4/c1-8-40-31(38)19-37(20-32(39)41-9-2)18-28-24(6)26(16-33-29-14-10-12-21(3)35-29)23(5)27(25(28)7)17-34-30-15-11-13-22(4)36-30/h10-15H,8-9,16-20H2,1-7H3,(H,33,35)(H,34,36). The molecule has 9 nitrogen and oxygen atoms in total. The number of aryl methyl sites for hydroxylation is 2. The van der Waals surface area contributed by atoms with Gasteiger partial charge in [0, 0.05) is 31.0 Å². The van der Waals surface area contributed by atoms with E-state index in [4.69, 9.17) is 9.47 Å². The van der Waals surface area contributed by atoms with Gasteiger partial charge in [-0.15, -0.1) is 0 Å². The van der Waals surface area contributed by atoms with Crippen molar-refractivity contribution < 1.29 is 19.1 Å². The fourth-order valence-corrected chi connectivity index (χ4v) is 4.97. The number of hydrogen-bond donors (Lipinski definition) is 2. The molecule has 0 saturated carbocycles. The van der Waals surface area contributed by atoms with Crippen molar-refractivity contribution in [3.63, 3.8) is 0 Å². The van der Waals surface area contributed by atoms with Gasteiger partial charge in [0.2, 0.25) is 0 Å². The number of esters is 2. The van der Waals surface area contributed by atoms with Crippen LogP contribution in [-0.2, 0) is 38.7 Å². The van der Waals surface area contributed by atoms with Crippen molar-refractivity contribution in [3.05, 3.63) is 81.2 Å². The Kier molecular flexibility index (Phi) is 11.6. The lowest BCUT2D eigenvalue weighted by Crippen LogP contribution is -2.36. The van der Waals surface area contributed by atoms with E-state index < -0.39 is 0 Å². The molecule has 41 heavy (non-hydrogen) atoms. The Morgan fingerprint density at radius 3 is 1.49 bits per heavy atom. The number of nitrogens with one attached hydrogen (secondary N) is 2. The van der Waals surface area contributed by atoms with Gasteiger partial charge in [0.05, 0.1) is 26.3 Å². The summed E-state index contributed by atoms with van der Waals surface area (Å²) < 4.78 is 10.4. The molecule has 0 radical (unpaired) electrons. The number of benzene rings is 1. The van der Waals surface area contributed by atoms with E-state index >= 15 is 0 Å². The molecule has 0 aliphatic rings. The first-order valence-electron chi connectivity index (χ1n) is 14.1. The van der Waals surface area contributed by atoms with E-state index in [1.165, 1.54) is 5.56 Å². The molecule has 0 bridgehead atoms. The summed E-state index contributed by atoms with van der Waals surface area (Å²) >= 11 is 0. The number of ether oxygens (including phenoxy) is 2. The molecule has 0 spiro atoms.